The van der Waals surface area contributed by atoms with Crippen molar-refractivity contribution in [3.8, 4) is 11.5 Å². The summed E-state index contributed by atoms with van der Waals surface area (Å²) in [6, 6.07) is 5.65. The van der Waals surface area contributed by atoms with E-state index in [-0.39, 0.29) is 30.3 Å². The van der Waals surface area contributed by atoms with Crippen LogP contribution >= 0.6 is 12.4 Å². The van der Waals surface area contributed by atoms with Crippen LogP contribution in [0.15, 0.2) is 18.2 Å². The van der Waals surface area contributed by atoms with E-state index in [4.69, 9.17) is 15.2 Å². The Labute approximate surface area is 158 Å². The third-order valence-electron chi connectivity index (χ3n) is 5.19. The van der Waals surface area contributed by atoms with Gasteiger partial charge in [0, 0.05) is 37.4 Å². The van der Waals surface area contributed by atoms with Gasteiger partial charge in [0.2, 0.25) is 11.8 Å². The summed E-state index contributed by atoms with van der Waals surface area (Å²) in [5, 5.41) is 0. The molecule has 3 aliphatic heterocycles. The van der Waals surface area contributed by atoms with E-state index in [1.54, 1.807) is 9.80 Å². The summed E-state index contributed by atoms with van der Waals surface area (Å²) >= 11 is 0. The Hall–Kier alpha value is -1.99. The fourth-order valence-electron chi connectivity index (χ4n) is 3.71. The number of likely N-dealkylation sites (tertiary alicyclic amines) is 1. The number of halogens is 1. The molecule has 1 aromatic carbocycles. The molecule has 2 N–H and O–H groups in total. The van der Waals surface area contributed by atoms with Crippen molar-refractivity contribution in [3.05, 3.63) is 18.2 Å². The smallest absolute Gasteiger partial charge is 0.239 e. The van der Waals surface area contributed by atoms with Gasteiger partial charge in [0.05, 0.1) is 0 Å². The molecule has 0 radical (unpaired) electrons. The zero-order valence-electron chi connectivity index (χ0n) is 14.6. The van der Waals surface area contributed by atoms with Crippen LogP contribution in [0.1, 0.15) is 19.3 Å². The molecular formula is C18H24ClN3O4. The summed E-state index contributed by atoms with van der Waals surface area (Å²) in [4.78, 5) is 29.0. The van der Waals surface area contributed by atoms with Gasteiger partial charge >= 0.3 is 0 Å². The number of carbonyl (C=O) groups excluding carboxylic acids is 2. The molecule has 3 aliphatic rings. The van der Waals surface area contributed by atoms with Crippen molar-refractivity contribution in [2.45, 2.75) is 25.3 Å². The summed E-state index contributed by atoms with van der Waals surface area (Å²) in [5.74, 6) is 0.575. The molecular weight excluding hydrogens is 358 g/mol. The molecule has 2 fully saturated rings. The molecule has 2 saturated heterocycles. The van der Waals surface area contributed by atoms with E-state index in [1.807, 2.05) is 18.2 Å². The van der Waals surface area contributed by atoms with Gasteiger partial charge in [0.1, 0.15) is 19.1 Å². The van der Waals surface area contributed by atoms with Crippen LogP contribution in [0, 0.1) is 5.92 Å². The largest absolute Gasteiger partial charge is 0.486 e. The number of ether oxygens (including phenoxy) is 2. The Morgan fingerprint density at radius 3 is 2.46 bits per heavy atom. The Balaban J connectivity index is 0.00000196. The monoisotopic (exact) mass is 381 g/mol. The Morgan fingerprint density at radius 2 is 1.73 bits per heavy atom. The van der Waals surface area contributed by atoms with Crippen LogP contribution in [0.5, 0.6) is 11.5 Å². The first-order chi connectivity index (χ1) is 12.1. The predicted molar refractivity (Wildman–Crippen MR) is 98.9 cm³/mol. The standard InChI is InChI=1S/C18H23N3O4.ClH/c19-12-3-6-20(7-4-12)17(22)14-5-8-21(18(14)23)13-1-2-15-16(11-13)25-10-9-24-15;/h1-2,11-12,14H,3-10,19H2;1H. The second-order valence-corrected chi connectivity index (χ2v) is 6.82. The summed E-state index contributed by atoms with van der Waals surface area (Å²) in [5.41, 5.74) is 6.65. The lowest BCUT2D eigenvalue weighted by atomic mass is 10.0. The van der Waals surface area contributed by atoms with Gasteiger partial charge in [-0.15, -0.1) is 12.4 Å². The highest BCUT2D eigenvalue weighted by atomic mass is 35.5. The molecule has 0 aliphatic carbocycles. The lowest BCUT2D eigenvalue weighted by Gasteiger charge is -2.31. The summed E-state index contributed by atoms with van der Waals surface area (Å²) in [6.45, 7) is 2.87. The molecule has 26 heavy (non-hydrogen) atoms. The van der Waals surface area contributed by atoms with Gasteiger partial charge in [-0.1, -0.05) is 0 Å². The van der Waals surface area contributed by atoms with E-state index in [1.165, 1.54) is 0 Å². The average molecular weight is 382 g/mol. The van der Waals surface area contributed by atoms with Gasteiger partial charge in [-0.3, -0.25) is 9.59 Å². The summed E-state index contributed by atoms with van der Waals surface area (Å²) in [7, 11) is 0. The van der Waals surface area contributed by atoms with Gasteiger partial charge in [-0.2, -0.15) is 0 Å². The predicted octanol–water partition coefficient (Wildman–Crippen LogP) is 1.18. The SMILES string of the molecule is Cl.NC1CCN(C(=O)C2CCN(c3ccc4c(c3)OCCO4)C2=O)CC1. The number of hydrogen-bond acceptors (Lipinski definition) is 5. The molecule has 0 spiro atoms. The highest BCUT2D eigenvalue weighted by Gasteiger charge is 2.40. The molecule has 1 aromatic rings. The second-order valence-electron chi connectivity index (χ2n) is 6.82. The van der Waals surface area contributed by atoms with E-state index >= 15 is 0 Å². The van der Waals surface area contributed by atoms with Gasteiger partial charge in [-0.05, 0) is 31.4 Å². The summed E-state index contributed by atoms with van der Waals surface area (Å²) < 4.78 is 11.1. The second kappa shape index (κ2) is 7.72. The number of rotatable bonds is 2. The number of hydrogen-bond donors (Lipinski definition) is 1. The topological polar surface area (TPSA) is 85.1 Å². The van der Waals surface area contributed by atoms with Gasteiger partial charge < -0.3 is 25.0 Å². The number of fused-ring (bicyclic) bond motifs is 1. The fourth-order valence-corrected chi connectivity index (χ4v) is 3.71. The maximum atomic E-state index is 12.8. The minimum atomic E-state index is -0.581. The van der Waals surface area contributed by atoms with Crippen LogP contribution in [0.3, 0.4) is 0 Å². The van der Waals surface area contributed by atoms with Crippen molar-refractivity contribution >= 4 is 29.9 Å². The maximum absolute atomic E-state index is 12.8. The lowest BCUT2D eigenvalue weighted by Crippen LogP contribution is -2.46. The van der Waals surface area contributed by atoms with Crippen molar-refractivity contribution in [2.75, 3.05) is 37.7 Å². The average Bonchev–Trinajstić information content (AvgIpc) is 3.03. The van der Waals surface area contributed by atoms with Gasteiger partial charge in [0.15, 0.2) is 11.5 Å². The van der Waals surface area contributed by atoms with Crippen molar-refractivity contribution < 1.29 is 19.1 Å². The third kappa shape index (κ3) is 3.46. The number of carbonyl (C=O) groups is 2. The number of anilines is 1. The Kier molecular flexibility index (Phi) is 5.58. The zero-order valence-corrected chi connectivity index (χ0v) is 15.4. The summed E-state index contributed by atoms with van der Waals surface area (Å²) in [6.07, 6.45) is 2.16. The minimum Gasteiger partial charge on any atom is -0.486 e. The van der Waals surface area contributed by atoms with Crippen molar-refractivity contribution in [1.82, 2.24) is 4.90 Å². The van der Waals surface area contributed by atoms with E-state index in [2.05, 4.69) is 0 Å². The fraction of sp³-hybridized carbons (Fsp3) is 0.556. The normalized spacial score (nSPS) is 23.0. The Bertz CT molecular complexity index is 691. The molecule has 1 unspecified atom stereocenters. The van der Waals surface area contributed by atoms with Crippen LogP contribution in [-0.4, -0.2) is 55.6 Å². The molecule has 4 rings (SSSR count). The zero-order chi connectivity index (χ0) is 17.4. The molecule has 2 amide bonds. The molecule has 0 bridgehead atoms. The first-order valence-corrected chi connectivity index (χ1v) is 8.89. The molecule has 142 valence electrons. The first-order valence-electron chi connectivity index (χ1n) is 8.89. The van der Waals surface area contributed by atoms with Crippen LogP contribution < -0.4 is 20.1 Å². The molecule has 3 heterocycles. The van der Waals surface area contributed by atoms with E-state index in [9.17, 15) is 9.59 Å². The molecule has 1 atom stereocenters. The number of amides is 2. The third-order valence-corrected chi connectivity index (χ3v) is 5.19. The number of piperidine rings is 1. The van der Waals surface area contributed by atoms with Crippen molar-refractivity contribution in [2.24, 2.45) is 11.7 Å². The highest BCUT2D eigenvalue weighted by Crippen LogP contribution is 2.36. The first kappa shape index (κ1) is 18.8. The maximum Gasteiger partial charge on any atom is 0.239 e. The lowest BCUT2D eigenvalue weighted by molar-refractivity contribution is -0.140. The highest BCUT2D eigenvalue weighted by molar-refractivity contribution is 6.09. The minimum absolute atomic E-state index is 0. The van der Waals surface area contributed by atoms with E-state index in [0.717, 1.165) is 18.5 Å². The van der Waals surface area contributed by atoms with Crippen LogP contribution in [0.4, 0.5) is 5.69 Å². The van der Waals surface area contributed by atoms with E-state index in [0.29, 0.717) is 50.8 Å². The quantitative estimate of drug-likeness (QED) is 0.777. The van der Waals surface area contributed by atoms with Crippen LogP contribution in [0.2, 0.25) is 0 Å². The molecule has 8 heteroatoms. The number of benzene rings is 1. The number of nitrogens with zero attached hydrogens (tertiary/aromatic N) is 2. The molecule has 0 saturated carbocycles. The number of nitrogens with two attached hydrogens (primary N) is 1. The van der Waals surface area contributed by atoms with Crippen molar-refractivity contribution in [1.29, 1.82) is 0 Å². The Morgan fingerprint density at radius 1 is 1.04 bits per heavy atom. The van der Waals surface area contributed by atoms with Gasteiger partial charge in [-0.25, -0.2) is 0 Å². The van der Waals surface area contributed by atoms with Crippen LogP contribution in [0.25, 0.3) is 0 Å². The molecule has 7 nitrogen and oxygen atoms in total. The van der Waals surface area contributed by atoms with Crippen LogP contribution in [-0.2, 0) is 9.59 Å². The van der Waals surface area contributed by atoms with E-state index < -0.39 is 5.92 Å². The van der Waals surface area contributed by atoms with Crippen molar-refractivity contribution in [3.63, 3.8) is 0 Å². The molecule has 0 aromatic heterocycles. The van der Waals surface area contributed by atoms with Gasteiger partial charge in [0.25, 0.3) is 0 Å².